The van der Waals surface area contributed by atoms with E-state index in [9.17, 15) is 9.59 Å². The van der Waals surface area contributed by atoms with E-state index in [-0.39, 0.29) is 24.2 Å². The highest BCUT2D eigenvalue weighted by Gasteiger charge is 2.28. The van der Waals surface area contributed by atoms with Gasteiger partial charge in [0.1, 0.15) is 0 Å². The number of hydrogen-bond donors (Lipinski definition) is 2. The predicted molar refractivity (Wildman–Crippen MR) is 50.3 cm³/mol. The molecule has 14 heavy (non-hydrogen) atoms. The van der Waals surface area contributed by atoms with Crippen LogP contribution in [0.3, 0.4) is 0 Å². The largest absolute Gasteiger partial charge is 0.469 e. The summed E-state index contributed by atoms with van der Waals surface area (Å²) < 4.78 is 4.55. The first-order valence-corrected chi connectivity index (χ1v) is 4.75. The number of nitrogens with two attached hydrogens (primary N) is 1. The third-order valence-corrected chi connectivity index (χ3v) is 2.52. The van der Waals surface area contributed by atoms with Gasteiger partial charge in [-0.05, 0) is 18.8 Å². The Bertz CT molecular complexity index is 230. The lowest BCUT2D eigenvalue weighted by Crippen LogP contribution is -2.44. The van der Waals surface area contributed by atoms with E-state index in [4.69, 9.17) is 5.73 Å². The standard InChI is InChI=1S/C9H16N2O3/c1-14-7(12)5-6-3-2-4-11-9(13)8(6)10/h6,8H,2-5,10H2,1H3,(H,11,13)/t6-,8?/m0/s1. The number of carbonyl (C=O) groups is 2. The van der Waals surface area contributed by atoms with Crippen LogP contribution in [-0.4, -0.2) is 31.6 Å². The number of ether oxygens (including phenoxy) is 1. The summed E-state index contributed by atoms with van der Waals surface area (Å²) in [5.74, 6) is -0.568. The fraction of sp³-hybridized carbons (Fsp3) is 0.778. The van der Waals surface area contributed by atoms with E-state index in [0.29, 0.717) is 6.54 Å². The van der Waals surface area contributed by atoms with Crippen LogP contribution in [0.25, 0.3) is 0 Å². The van der Waals surface area contributed by atoms with Crippen LogP contribution in [0.2, 0.25) is 0 Å². The van der Waals surface area contributed by atoms with Crippen molar-refractivity contribution in [3.05, 3.63) is 0 Å². The second kappa shape index (κ2) is 4.95. The molecule has 3 N–H and O–H groups in total. The Kier molecular flexibility index (Phi) is 3.88. The lowest BCUT2D eigenvalue weighted by molar-refractivity contribution is -0.142. The van der Waals surface area contributed by atoms with Crippen LogP contribution >= 0.6 is 0 Å². The zero-order valence-electron chi connectivity index (χ0n) is 8.29. The number of rotatable bonds is 2. The van der Waals surface area contributed by atoms with Gasteiger partial charge in [0.2, 0.25) is 5.91 Å². The Balaban J connectivity index is 2.56. The number of methoxy groups -OCH3 is 1. The van der Waals surface area contributed by atoms with Gasteiger partial charge in [0, 0.05) is 6.54 Å². The molecular weight excluding hydrogens is 184 g/mol. The van der Waals surface area contributed by atoms with Gasteiger partial charge in [-0.15, -0.1) is 0 Å². The highest BCUT2D eigenvalue weighted by molar-refractivity contribution is 5.83. The summed E-state index contributed by atoms with van der Waals surface area (Å²) in [6.45, 7) is 0.643. The molecule has 1 aliphatic heterocycles. The van der Waals surface area contributed by atoms with E-state index in [1.54, 1.807) is 0 Å². The Morgan fingerprint density at radius 3 is 3.07 bits per heavy atom. The van der Waals surface area contributed by atoms with Crippen molar-refractivity contribution in [2.45, 2.75) is 25.3 Å². The van der Waals surface area contributed by atoms with Crippen LogP contribution in [0, 0.1) is 5.92 Å². The average Bonchev–Trinajstić information content (AvgIpc) is 2.33. The van der Waals surface area contributed by atoms with Crippen LogP contribution in [0.4, 0.5) is 0 Å². The minimum atomic E-state index is -0.586. The summed E-state index contributed by atoms with van der Waals surface area (Å²) in [6.07, 6.45) is 1.88. The molecule has 80 valence electrons. The summed E-state index contributed by atoms with van der Waals surface area (Å²) >= 11 is 0. The van der Waals surface area contributed by atoms with Gasteiger partial charge in [0.05, 0.1) is 19.6 Å². The maximum Gasteiger partial charge on any atom is 0.305 e. The van der Waals surface area contributed by atoms with Crippen LogP contribution in [-0.2, 0) is 14.3 Å². The van der Waals surface area contributed by atoms with Gasteiger partial charge in [-0.1, -0.05) is 0 Å². The van der Waals surface area contributed by atoms with E-state index in [0.717, 1.165) is 12.8 Å². The minimum absolute atomic E-state index is 0.0926. The highest BCUT2D eigenvalue weighted by atomic mass is 16.5. The van der Waals surface area contributed by atoms with E-state index in [1.165, 1.54) is 7.11 Å². The molecule has 1 saturated heterocycles. The van der Waals surface area contributed by atoms with Gasteiger partial charge in [0.15, 0.2) is 0 Å². The number of carbonyl (C=O) groups excluding carboxylic acids is 2. The Morgan fingerprint density at radius 1 is 1.71 bits per heavy atom. The Hall–Kier alpha value is -1.10. The van der Waals surface area contributed by atoms with E-state index >= 15 is 0 Å². The third-order valence-electron chi connectivity index (χ3n) is 2.52. The van der Waals surface area contributed by atoms with Crippen molar-refractivity contribution in [2.75, 3.05) is 13.7 Å². The fourth-order valence-electron chi connectivity index (χ4n) is 1.61. The average molecular weight is 200 g/mol. The minimum Gasteiger partial charge on any atom is -0.469 e. The van der Waals surface area contributed by atoms with Crippen LogP contribution in [0.15, 0.2) is 0 Å². The molecule has 1 amide bonds. The van der Waals surface area contributed by atoms with Gasteiger partial charge in [-0.2, -0.15) is 0 Å². The van der Waals surface area contributed by atoms with Crippen LogP contribution in [0.5, 0.6) is 0 Å². The van der Waals surface area contributed by atoms with E-state index in [1.807, 2.05) is 0 Å². The Morgan fingerprint density at radius 2 is 2.43 bits per heavy atom. The molecule has 0 radical (unpaired) electrons. The van der Waals surface area contributed by atoms with Crippen molar-refractivity contribution in [2.24, 2.45) is 11.7 Å². The monoisotopic (exact) mass is 200 g/mol. The van der Waals surface area contributed by atoms with Crippen molar-refractivity contribution in [3.63, 3.8) is 0 Å². The second-order valence-electron chi connectivity index (χ2n) is 3.50. The number of esters is 1. The predicted octanol–water partition coefficient (Wildman–Crippen LogP) is -0.597. The molecule has 1 rings (SSSR count). The molecular formula is C9H16N2O3. The lowest BCUT2D eigenvalue weighted by atomic mass is 9.93. The van der Waals surface area contributed by atoms with Gasteiger partial charge in [-0.3, -0.25) is 9.59 Å². The van der Waals surface area contributed by atoms with E-state index < -0.39 is 6.04 Å². The Labute approximate surface area is 83.0 Å². The van der Waals surface area contributed by atoms with Gasteiger partial charge >= 0.3 is 5.97 Å². The molecule has 1 aliphatic rings. The van der Waals surface area contributed by atoms with Crippen LogP contribution in [0.1, 0.15) is 19.3 Å². The first-order valence-electron chi connectivity index (χ1n) is 4.75. The molecule has 0 aromatic carbocycles. The fourth-order valence-corrected chi connectivity index (χ4v) is 1.61. The van der Waals surface area contributed by atoms with Crippen molar-refractivity contribution in [1.82, 2.24) is 5.32 Å². The normalized spacial score (nSPS) is 27.7. The molecule has 1 unspecified atom stereocenters. The quantitative estimate of drug-likeness (QED) is 0.583. The molecule has 0 bridgehead atoms. The van der Waals surface area contributed by atoms with Crippen molar-refractivity contribution in [3.8, 4) is 0 Å². The lowest BCUT2D eigenvalue weighted by Gasteiger charge is -2.17. The molecule has 0 aliphatic carbocycles. The first-order chi connectivity index (χ1) is 6.65. The smallest absolute Gasteiger partial charge is 0.305 e. The molecule has 2 atom stereocenters. The van der Waals surface area contributed by atoms with Crippen molar-refractivity contribution in [1.29, 1.82) is 0 Å². The van der Waals surface area contributed by atoms with Crippen LogP contribution < -0.4 is 11.1 Å². The molecule has 0 aromatic heterocycles. The molecule has 0 spiro atoms. The summed E-state index contributed by atoms with van der Waals surface area (Å²) in [7, 11) is 1.34. The van der Waals surface area contributed by atoms with Crippen molar-refractivity contribution < 1.29 is 14.3 Å². The maximum atomic E-state index is 11.3. The molecule has 0 saturated carbocycles. The zero-order chi connectivity index (χ0) is 10.6. The first kappa shape index (κ1) is 11.0. The molecule has 1 heterocycles. The second-order valence-corrected chi connectivity index (χ2v) is 3.50. The summed E-state index contributed by atoms with van der Waals surface area (Å²) in [5, 5.41) is 2.70. The molecule has 0 aromatic rings. The zero-order valence-corrected chi connectivity index (χ0v) is 8.29. The maximum absolute atomic E-state index is 11.3. The third kappa shape index (κ3) is 2.70. The molecule has 5 nitrogen and oxygen atoms in total. The summed E-state index contributed by atoms with van der Waals surface area (Å²) in [5.41, 5.74) is 5.71. The van der Waals surface area contributed by atoms with Crippen molar-refractivity contribution >= 4 is 11.9 Å². The van der Waals surface area contributed by atoms with Gasteiger partial charge < -0.3 is 15.8 Å². The number of nitrogens with one attached hydrogen (secondary N) is 1. The summed E-state index contributed by atoms with van der Waals surface area (Å²) in [4.78, 5) is 22.3. The highest BCUT2D eigenvalue weighted by Crippen LogP contribution is 2.17. The van der Waals surface area contributed by atoms with Gasteiger partial charge in [0.25, 0.3) is 0 Å². The summed E-state index contributed by atoms with van der Waals surface area (Å²) in [6, 6.07) is -0.586. The molecule has 5 heteroatoms. The number of amides is 1. The SMILES string of the molecule is COC(=O)C[C@@H]1CCCNC(=O)C1N. The molecule has 1 fully saturated rings. The van der Waals surface area contributed by atoms with E-state index in [2.05, 4.69) is 10.1 Å². The number of hydrogen-bond acceptors (Lipinski definition) is 4. The topological polar surface area (TPSA) is 81.4 Å². The van der Waals surface area contributed by atoms with Gasteiger partial charge in [-0.25, -0.2) is 0 Å².